The Kier molecular flexibility index (Phi) is 1.71. The Morgan fingerprint density at radius 2 is 1.89 bits per heavy atom. The van der Waals surface area contributed by atoms with Crippen molar-refractivity contribution in [2.24, 2.45) is 7.05 Å². The summed E-state index contributed by atoms with van der Waals surface area (Å²) in [6.45, 7) is 1.44. The third-order valence-electron chi connectivity index (χ3n) is 2.37. The van der Waals surface area contributed by atoms with Crippen molar-refractivity contribution in [1.82, 2.24) is 0 Å². The van der Waals surface area contributed by atoms with E-state index >= 15 is 0 Å². The molecule has 0 radical (unpaired) electrons. The van der Waals surface area contributed by atoms with Crippen molar-refractivity contribution in [3.05, 3.63) is 53.6 Å². The van der Waals surface area contributed by atoms with Gasteiger partial charge in [0, 0.05) is 11.6 Å². The summed E-state index contributed by atoms with van der Waals surface area (Å²) in [5.74, 6) is 0. The van der Waals surface area contributed by atoms with E-state index in [1.807, 2.05) is 0 Å². The van der Waals surface area contributed by atoms with Crippen molar-refractivity contribution >= 4 is 0 Å². The van der Waals surface area contributed by atoms with Gasteiger partial charge in [-0.2, -0.15) is 13.2 Å². The fraction of sp³-hybridized carbons (Fsp3) is 0.214. The Morgan fingerprint density at radius 1 is 1.17 bits per heavy atom. The van der Waals surface area contributed by atoms with Crippen LogP contribution in [0.15, 0.2) is 42.5 Å². The van der Waals surface area contributed by atoms with Gasteiger partial charge in [0.2, 0.25) is 5.69 Å². The van der Waals surface area contributed by atoms with Crippen LogP contribution in [0, 0.1) is 6.92 Å². The van der Waals surface area contributed by atoms with E-state index in [-0.39, 0.29) is 34.9 Å². The van der Waals surface area contributed by atoms with Crippen LogP contribution in [0.2, 0.25) is 0 Å². The molecule has 1 aromatic carbocycles. The van der Waals surface area contributed by atoms with E-state index in [2.05, 4.69) is 0 Å². The van der Waals surface area contributed by atoms with Gasteiger partial charge < -0.3 is 0 Å². The fourth-order valence-electron chi connectivity index (χ4n) is 1.48. The molecule has 0 fully saturated rings. The number of benzene rings is 1. The molecule has 0 atom stereocenters. The number of alkyl halides is 3. The number of nitrogens with zero attached hydrogens (tertiary/aromatic N) is 1. The summed E-state index contributed by atoms with van der Waals surface area (Å²) in [6.07, 6.45) is -5.98. The largest absolute Gasteiger partial charge is 0.422 e. The third-order valence-corrected chi connectivity index (χ3v) is 2.37. The maximum Gasteiger partial charge on any atom is 0.422 e. The third kappa shape index (κ3) is 2.37. The summed E-state index contributed by atoms with van der Waals surface area (Å²) < 4.78 is 86.7. The summed E-state index contributed by atoms with van der Waals surface area (Å²) in [4.78, 5) is 0. The maximum atomic E-state index is 13.1. The van der Waals surface area contributed by atoms with Gasteiger partial charge in [0.15, 0.2) is 6.17 Å². The lowest BCUT2D eigenvalue weighted by Gasteiger charge is -2.07. The second kappa shape index (κ2) is 4.44. The Labute approximate surface area is 112 Å². The Morgan fingerprint density at radius 3 is 2.56 bits per heavy atom. The lowest BCUT2D eigenvalue weighted by atomic mass is 10.0. The Hall–Kier alpha value is -1.84. The number of aromatic nitrogens is 1. The van der Waals surface area contributed by atoms with Gasteiger partial charge in [-0.05, 0) is 24.6 Å². The molecule has 0 aliphatic carbocycles. The summed E-state index contributed by atoms with van der Waals surface area (Å²) in [5.41, 5.74) is -1.69. The molecular weight excluding hydrogens is 239 g/mol. The minimum absolute atomic E-state index is 0.0873. The minimum atomic E-state index is -4.96. The van der Waals surface area contributed by atoms with E-state index in [0.29, 0.717) is 0 Å². The lowest BCUT2D eigenvalue weighted by molar-refractivity contribution is -0.661. The van der Waals surface area contributed by atoms with Crippen molar-refractivity contribution < 1.29 is 26.0 Å². The van der Waals surface area contributed by atoms with Gasteiger partial charge in [0.1, 0.15) is 14.0 Å². The molecule has 1 aromatic heterocycles. The molecular formula is C14H13F3N+. The average Bonchev–Trinajstić information content (AvgIpc) is 2.45. The van der Waals surface area contributed by atoms with Gasteiger partial charge >= 0.3 is 6.18 Å². The molecule has 0 saturated heterocycles. The first-order valence-corrected chi connectivity index (χ1v) is 5.04. The fourth-order valence-corrected chi connectivity index (χ4v) is 1.48. The highest BCUT2D eigenvalue weighted by atomic mass is 19.4. The maximum absolute atomic E-state index is 13.1. The van der Waals surface area contributed by atoms with Gasteiger partial charge in [0.25, 0.3) is 0 Å². The number of pyridine rings is 1. The molecule has 0 amide bonds. The summed E-state index contributed by atoms with van der Waals surface area (Å²) in [5, 5.41) is 0. The second-order valence-corrected chi connectivity index (χ2v) is 3.70. The van der Waals surface area contributed by atoms with Crippen LogP contribution in [0.5, 0.6) is 0 Å². The standard InChI is InChI=1S/C14H13F3N/c1-10-5-3-4-6-12(10)13-8-7-11(9-18(13)2)14(15,16)17/h3-9H,1-2H3/q+1/i4D,5D,6D,7D,8D,9D. The zero-order valence-electron chi connectivity index (χ0n) is 15.7. The van der Waals surface area contributed by atoms with Gasteiger partial charge in [0.05, 0.1) is 6.85 Å². The van der Waals surface area contributed by atoms with Crippen LogP contribution in [0.3, 0.4) is 0 Å². The van der Waals surface area contributed by atoms with Crippen molar-refractivity contribution in [1.29, 1.82) is 0 Å². The van der Waals surface area contributed by atoms with E-state index in [1.165, 1.54) is 6.92 Å². The molecule has 0 spiro atoms. The topological polar surface area (TPSA) is 3.88 Å². The molecule has 94 valence electrons. The molecule has 0 bridgehead atoms. The van der Waals surface area contributed by atoms with E-state index in [1.54, 1.807) is 0 Å². The predicted octanol–water partition coefficient (Wildman–Crippen LogP) is 3.51. The second-order valence-electron chi connectivity index (χ2n) is 3.70. The molecule has 0 saturated carbocycles. The molecule has 1 heterocycles. The van der Waals surface area contributed by atoms with Crippen LogP contribution in [0.25, 0.3) is 11.3 Å². The summed E-state index contributed by atoms with van der Waals surface area (Å²) in [7, 11) is 1.13. The van der Waals surface area contributed by atoms with E-state index < -0.39 is 30.0 Å². The van der Waals surface area contributed by atoms with Crippen LogP contribution < -0.4 is 4.57 Å². The molecule has 1 nitrogen and oxygen atoms in total. The minimum Gasteiger partial charge on any atom is -0.200 e. The summed E-state index contributed by atoms with van der Waals surface area (Å²) >= 11 is 0. The number of hydrogen-bond donors (Lipinski definition) is 0. The molecule has 4 heteroatoms. The first-order chi connectivity index (χ1) is 10.9. The van der Waals surface area contributed by atoms with Crippen molar-refractivity contribution in [2.45, 2.75) is 13.1 Å². The average molecular weight is 258 g/mol. The molecule has 0 unspecified atom stereocenters. The Balaban J connectivity index is 3.00. The van der Waals surface area contributed by atoms with Gasteiger partial charge in [-0.3, -0.25) is 0 Å². The van der Waals surface area contributed by atoms with Crippen molar-refractivity contribution in [3.8, 4) is 11.3 Å². The normalized spacial score (nSPS) is 16.3. The van der Waals surface area contributed by atoms with Crippen LogP contribution in [-0.2, 0) is 13.2 Å². The van der Waals surface area contributed by atoms with Crippen molar-refractivity contribution in [3.63, 3.8) is 0 Å². The number of halogens is 3. The molecule has 2 rings (SSSR count). The molecule has 0 aliphatic rings. The lowest BCUT2D eigenvalue weighted by Crippen LogP contribution is -2.32. The van der Waals surface area contributed by atoms with Crippen LogP contribution in [0.4, 0.5) is 13.2 Å². The highest BCUT2D eigenvalue weighted by Gasteiger charge is 2.33. The smallest absolute Gasteiger partial charge is 0.200 e. The molecule has 0 aliphatic heterocycles. The van der Waals surface area contributed by atoms with Crippen LogP contribution in [-0.4, -0.2) is 0 Å². The van der Waals surface area contributed by atoms with Crippen LogP contribution in [0.1, 0.15) is 19.4 Å². The number of hydrogen-bond acceptors (Lipinski definition) is 0. The molecule has 2 aromatic rings. The zero-order chi connectivity index (χ0) is 18.6. The zero-order valence-corrected chi connectivity index (χ0v) is 9.66. The van der Waals surface area contributed by atoms with E-state index in [9.17, 15) is 13.2 Å². The monoisotopic (exact) mass is 258 g/mol. The Bertz CT molecular complexity index is 793. The van der Waals surface area contributed by atoms with Gasteiger partial charge in [-0.1, -0.05) is 18.2 Å². The SMILES string of the molecule is [2H]c1cc([2H])c(C)c(-c2c([2H])c([2H])c(C(F)(F)F)c([2H])[n+]2C)c1[2H]. The van der Waals surface area contributed by atoms with Crippen molar-refractivity contribution in [2.75, 3.05) is 0 Å². The highest BCUT2D eigenvalue weighted by molar-refractivity contribution is 5.60. The highest BCUT2D eigenvalue weighted by Crippen LogP contribution is 2.29. The summed E-state index contributed by atoms with van der Waals surface area (Å²) in [6, 6.07) is -1.64. The number of rotatable bonds is 1. The van der Waals surface area contributed by atoms with Crippen LogP contribution >= 0.6 is 0 Å². The molecule has 0 N–H and O–H groups in total. The first-order valence-electron chi connectivity index (χ1n) is 8.04. The first kappa shape index (κ1) is 6.92. The van der Waals surface area contributed by atoms with E-state index in [0.717, 1.165) is 17.7 Å². The molecule has 18 heavy (non-hydrogen) atoms. The van der Waals surface area contributed by atoms with Gasteiger partial charge in [-0.25, -0.2) is 4.57 Å². The predicted molar refractivity (Wildman–Crippen MR) is 62.8 cm³/mol. The van der Waals surface area contributed by atoms with Gasteiger partial charge in [-0.15, -0.1) is 0 Å². The van der Waals surface area contributed by atoms with E-state index in [4.69, 9.17) is 8.22 Å². The quantitative estimate of drug-likeness (QED) is 0.689.